The maximum absolute atomic E-state index is 12.9. The summed E-state index contributed by atoms with van der Waals surface area (Å²) in [5.74, 6) is -4.65. The fourth-order valence-electron chi connectivity index (χ4n) is 5.95. The summed E-state index contributed by atoms with van der Waals surface area (Å²) in [7, 11) is 0. The predicted octanol–water partition coefficient (Wildman–Crippen LogP) is 6.35. The van der Waals surface area contributed by atoms with E-state index in [1.165, 1.54) is 0 Å². The Labute approximate surface area is 241 Å². The molecule has 0 saturated heterocycles. The second-order valence-corrected chi connectivity index (χ2v) is 10.9. The van der Waals surface area contributed by atoms with Crippen molar-refractivity contribution in [1.29, 1.82) is 0 Å². The quantitative estimate of drug-likeness (QED) is 0.229. The largest absolute Gasteiger partial charge is 0.481 e. The zero-order chi connectivity index (χ0) is 30.6. The smallest absolute Gasteiger partial charge is 0.339 e. The molecular weight excluding hydrogens is 536 g/mol. The molecule has 3 aromatic rings. The Bertz CT molecular complexity index is 1910. The van der Waals surface area contributed by atoms with Gasteiger partial charge in [0.05, 0.1) is 22.7 Å². The van der Waals surface area contributed by atoms with Crippen molar-refractivity contribution in [1.82, 2.24) is 19.9 Å². The molecule has 5 rings (SSSR count). The van der Waals surface area contributed by atoms with Gasteiger partial charge in [-0.3, -0.25) is 9.78 Å². The Balaban J connectivity index is 2.03. The standard InChI is InChI=1S/C32H32N4O6/c1-7-18-15(4)22-11-23-16(5)19(8-9-26(37)38)29(35-23)28(32(41)42)30-27(31(39)40)17(6)24(36-30)10-20-13(2)14(3)21(33-20)12-25(18)34-22/h7,10-12,16,19,33-34H,1,8-9H2,2-6H3,(H,37,38)(H,39,40)(H,41,42)/t16-,19-/m0/s1. The topological polar surface area (TPSA) is 169 Å². The molecule has 0 amide bonds. The van der Waals surface area contributed by atoms with Crippen molar-refractivity contribution in [2.24, 2.45) is 0 Å². The lowest BCUT2D eigenvalue weighted by molar-refractivity contribution is -0.137. The average molecular weight is 569 g/mol. The van der Waals surface area contributed by atoms with Crippen molar-refractivity contribution in [3.8, 4) is 0 Å². The summed E-state index contributed by atoms with van der Waals surface area (Å²) >= 11 is 0. The molecule has 2 aliphatic heterocycles. The van der Waals surface area contributed by atoms with Crippen LogP contribution in [0.2, 0.25) is 0 Å². The van der Waals surface area contributed by atoms with Crippen LogP contribution in [-0.2, 0) is 9.59 Å². The number of aliphatic carboxylic acids is 2. The number of carboxylic acids is 3. The summed E-state index contributed by atoms with van der Waals surface area (Å²) in [4.78, 5) is 53.1. The number of allylic oxidation sites excluding steroid dienone is 1. The normalized spacial score (nSPS) is 16.5. The molecule has 8 bridgehead atoms. The SMILES string of the molecule is C=Cc1c(C)c2cc3nc(c(C(=O)O)c4nc(cc5[nH]c(cc1[nH]2)c(C)c5C)C(C)=C4C(=O)O)[C@@H](CCC(=O)O)[C@@H]3C. The van der Waals surface area contributed by atoms with Crippen LogP contribution in [0.25, 0.3) is 39.3 Å². The van der Waals surface area contributed by atoms with Crippen molar-refractivity contribution in [3.63, 3.8) is 0 Å². The highest BCUT2D eigenvalue weighted by Gasteiger charge is 2.37. The molecule has 42 heavy (non-hydrogen) atoms. The summed E-state index contributed by atoms with van der Waals surface area (Å²) in [5.41, 5.74) is 7.46. The number of aromatic carboxylic acids is 1. The third-order valence-corrected chi connectivity index (χ3v) is 8.56. The molecule has 2 atom stereocenters. The molecule has 10 heteroatoms. The lowest BCUT2D eigenvalue weighted by Gasteiger charge is -2.16. The molecule has 10 nitrogen and oxygen atoms in total. The van der Waals surface area contributed by atoms with Gasteiger partial charge in [-0.25, -0.2) is 14.6 Å². The first kappa shape index (κ1) is 28.5. The molecule has 3 aromatic heterocycles. The molecule has 0 aliphatic carbocycles. The van der Waals surface area contributed by atoms with Crippen molar-refractivity contribution in [3.05, 3.63) is 75.4 Å². The minimum Gasteiger partial charge on any atom is -0.481 e. The Morgan fingerprint density at radius 1 is 0.881 bits per heavy atom. The molecule has 0 aromatic carbocycles. The first-order chi connectivity index (χ1) is 19.8. The van der Waals surface area contributed by atoms with Crippen molar-refractivity contribution >= 4 is 57.2 Å². The highest BCUT2D eigenvalue weighted by Crippen LogP contribution is 2.43. The van der Waals surface area contributed by atoms with Gasteiger partial charge in [0, 0.05) is 51.6 Å². The number of aryl methyl sites for hydroxylation is 3. The fraction of sp³-hybridized carbons (Fsp3) is 0.281. The second-order valence-electron chi connectivity index (χ2n) is 10.9. The van der Waals surface area contributed by atoms with Gasteiger partial charge in [0.15, 0.2) is 0 Å². The maximum Gasteiger partial charge on any atom is 0.339 e. The van der Waals surface area contributed by atoms with Gasteiger partial charge in [-0.15, -0.1) is 0 Å². The van der Waals surface area contributed by atoms with Gasteiger partial charge in [-0.2, -0.15) is 0 Å². The van der Waals surface area contributed by atoms with Crippen molar-refractivity contribution in [2.75, 3.05) is 0 Å². The molecular formula is C32H32N4O6. The van der Waals surface area contributed by atoms with Crippen LogP contribution in [0, 0.1) is 20.8 Å². The van der Waals surface area contributed by atoms with E-state index >= 15 is 0 Å². The first-order valence-corrected chi connectivity index (χ1v) is 13.6. The van der Waals surface area contributed by atoms with Crippen LogP contribution in [0.5, 0.6) is 0 Å². The van der Waals surface area contributed by atoms with Crippen LogP contribution in [0.4, 0.5) is 0 Å². The third-order valence-electron chi connectivity index (χ3n) is 8.56. The Morgan fingerprint density at radius 3 is 2.10 bits per heavy atom. The van der Waals surface area contributed by atoms with E-state index in [1.807, 2.05) is 39.8 Å². The zero-order valence-electron chi connectivity index (χ0n) is 24.0. The van der Waals surface area contributed by atoms with Crippen LogP contribution in [0.3, 0.4) is 0 Å². The fourth-order valence-corrected chi connectivity index (χ4v) is 5.95. The van der Waals surface area contributed by atoms with Crippen LogP contribution >= 0.6 is 0 Å². The van der Waals surface area contributed by atoms with E-state index in [0.717, 1.165) is 38.8 Å². The van der Waals surface area contributed by atoms with E-state index in [1.54, 1.807) is 19.1 Å². The number of hydrogen-bond donors (Lipinski definition) is 5. The Hall–Kier alpha value is -4.99. The molecule has 0 radical (unpaired) electrons. The number of carbonyl (C=O) groups is 3. The summed E-state index contributed by atoms with van der Waals surface area (Å²) in [6.45, 7) is 13.4. The summed E-state index contributed by atoms with van der Waals surface area (Å²) in [6, 6.07) is 5.56. The number of aromatic nitrogens is 4. The molecule has 2 aliphatic rings. The van der Waals surface area contributed by atoms with E-state index in [2.05, 4.69) is 21.5 Å². The Morgan fingerprint density at radius 2 is 1.50 bits per heavy atom. The highest BCUT2D eigenvalue weighted by atomic mass is 16.4. The van der Waals surface area contributed by atoms with Crippen molar-refractivity contribution in [2.45, 2.75) is 59.3 Å². The zero-order valence-corrected chi connectivity index (χ0v) is 24.0. The van der Waals surface area contributed by atoms with Gasteiger partial charge in [-0.05, 0) is 74.6 Å². The van der Waals surface area contributed by atoms with E-state index in [9.17, 15) is 29.7 Å². The number of hydrogen-bond acceptors (Lipinski definition) is 5. The van der Waals surface area contributed by atoms with Crippen LogP contribution in [-0.4, -0.2) is 53.2 Å². The predicted molar refractivity (Wildman–Crippen MR) is 160 cm³/mol. The molecule has 0 spiro atoms. The number of fused-ring (bicyclic) bond motifs is 8. The van der Waals surface area contributed by atoms with E-state index in [4.69, 9.17) is 4.98 Å². The van der Waals surface area contributed by atoms with E-state index in [-0.39, 0.29) is 41.3 Å². The van der Waals surface area contributed by atoms with Gasteiger partial charge in [0.25, 0.3) is 0 Å². The minimum absolute atomic E-state index is 0.120. The minimum atomic E-state index is -1.38. The van der Waals surface area contributed by atoms with Crippen LogP contribution in [0.1, 0.15) is 93.9 Å². The summed E-state index contributed by atoms with van der Waals surface area (Å²) < 4.78 is 0. The summed E-state index contributed by atoms with van der Waals surface area (Å²) in [6.07, 6.45) is 1.69. The van der Waals surface area contributed by atoms with Gasteiger partial charge < -0.3 is 25.3 Å². The highest BCUT2D eigenvalue weighted by molar-refractivity contribution is 6.26. The second kappa shape index (κ2) is 10.4. The molecule has 0 saturated carbocycles. The maximum atomic E-state index is 12.9. The van der Waals surface area contributed by atoms with Gasteiger partial charge in [0.1, 0.15) is 5.56 Å². The molecule has 0 fully saturated rings. The Kier molecular flexibility index (Phi) is 7.10. The number of rotatable bonds is 6. The van der Waals surface area contributed by atoms with Gasteiger partial charge in [-0.1, -0.05) is 19.6 Å². The number of carboxylic acid groups (broad SMARTS) is 3. The molecule has 5 heterocycles. The average Bonchev–Trinajstić information content (AvgIpc) is 3.57. The number of H-pyrrole nitrogens is 2. The monoisotopic (exact) mass is 568 g/mol. The first-order valence-electron chi connectivity index (χ1n) is 13.6. The molecule has 216 valence electrons. The van der Waals surface area contributed by atoms with Gasteiger partial charge in [0.2, 0.25) is 0 Å². The van der Waals surface area contributed by atoms with E-state index < -0.39 is 23.8 Å². The van der Waals surface area contributed by atoms with Crippen molar-refractivity contribution < 1.29 is 29.7 Å². The lowest BCUT2D eigenvalue weighted by Crippen LogP contribution is -2.13. The van der Waals surface area contributed by atoms with E-state index in [0.29, 0.717) is 22.5 Å². The third kappa shape index (κ3) is 4.58. The molecule has 0 unspecified atom stereocenters. The number of nitrogens with zero attached hydrogens (tertiary/aromatic N) is 2. The number of nitrogens with one attached hydrogen (secondary N) is 2. The number of aromatic amines is 2. The van der Waals surface area contributed by atoms with Crippen LogP contribution in [0.15, 0.2) is 24.8 Å². The molecule has 5 N–H and O–H groups in total. The van der Waals surface area contributed by atoms with Gasteiger partial charge >= 0.3 is 17.9 Å². The van der Waals surface area contributed by atoms with Crippen LogP contribution < -0.4 is 0 Å². The lowest BCUT2D eigenvalue weighted by atomic mass is 9.85. The summed E-state index contributed by atoms with van der Waals surface area (Å²) in [5, 5.41) is 30.1.